The smallest absolute Gasteiger partial charge is 0.127 e. The number of para-hydroxylation sites is 1. The Morgan fingerprint density at radius 1 is 0.812 bits per heavy atom. The molecular formula is C14H13BrO. The highest BCUT2D eigenvalue weighted by Gasteiger charge is 1.96. The van der Waals surface area contributed by atoms with Crippen molar-refractivity contribution in [3.8, 4) is 11.5 Å². The molecule has 0 amide bonds. The van der Waals surface area contributed by atoms with Crippen LogP contribution in [-0.4, -0.2) is 5.33 Å². The van der Waals surface area contributed by atoms with Gasteiger partial charge in [0, 0.05) is 5.33 Å². The van der Waals surface area contributed by atoms with Gasteiger partial charge in [-0.25, -0.2) is 0 Å². The van der Waals surface area contributed by atoms with Gasteiger partial charge in [-0.3, -0.25) is 0 Å². The molecule has 2 heteroatoms. The Kier molecular flexibility index (Phi) is 4.00. The fraction of sp³-hybridized carbons (Fsp3) is 0.143. The van der Waals surface area contributed by atoms with Gasteiger partial charge in [-0.2, -0.15) is 0 Å². The first-order valence-electron chi connectivity index (χ1n) is 5.26. The van der Waals surface area contributed by atoms with Crippen molar-refractivity contribution in [3.05, 3.63) is 60.2 Å². The molecule has 0 aromatic heterocycles. The third-order valence-corrected chi connectivity index (χ3v) is 2.68. The van der Waals surface area contributed by atoms with Crippen molar-refractivity contribution in [1.29, 1.82) is 0 Å². The minimum absolute atomic E-state index is 0.871. The van der Waals surface area contributed by atoms with E-state index in [1.165, 1.54) is 5.56 Å². The normalized spacial score (nSPS) is 10.1. The number of ether oxygens (including phenoxy) is 1. The summed E-state index contributed by atoms with van der Waals surface area (Å²) < 4.78 is 5.70. The minimum Gasteiger partial charge on any atom is -0.457 e. The van der Waals surface area contributed by atoms with Crippen LogP contribution in [0, 0.1) is 0 Å². The monoisotopic (exact) mass is 276 g/mol. The first kappa shape index (κ1) is 11.2. The largest absolute Gasteiger partial charge is 0.457 e. The topological polar surface area (TPSA) is 9.23 Å². The predicted octanol–water partition coefficient (Wildman–Crippen LogP) is 4.42. The van der Waals surface area contributed by atoms with E-state index in [0.29, 0.717) is 0 Å². The number of aryl methyl sites for hydroxylation is 1. The average molecular weight is 277 g/mol. The molecule has 16 heavy (non-hydrogen) atoms. The van der Waals surface area contributed by atoms with Crippen LogP contribution in [0.25, 0.3) is 0 Å². The van der Waals surface area contributed by atoms with Crippen LogP contribution in [0.2, 0.25) is 0 Å². The van der Waals surface area contributed by atoms with Gasteiger partial charge in [-0.1, -0.05) is 46.3 Å². The van der Waals surface area contributed by atoms with Gasteiger partial charge >= 0.3 is 0 Å². The van der Waals surface area contributed by atoms with E-state index >= 15 is 0 Å². The second kappa shape index (κ2) is 5.71. The summed E-state index contributed by atoms with van der Waals surface area (Å²) in [5.41, 5.74) is 1.32. The Balaban J connectivity index is 2.05. The van der Waals surface area contributed by atoms with E-state index < -0.39 is 0 Å². The maximum Gasteiger partial charge on any atom is 0.127 e. The molecule has 0 atom stereocenters. The van der Waals surface area contributed by atoms with Crippen LogP contribution in [0.5, 0.6) is 11.5 Å². The van der Waals surface area contributed by atoms with Crippen LogP contribution in [0.15, 0.2) is 54.6 Å². The molecule has 0 spiro atoms. The van der Waals surface area contributed by atoms with Crippen molar-refractivity contribution in [1.82, 2.24) is 0 Å². The second-order valence-electron chi connectivity index (χ2n) is 3.50. The van der Waals surface area contributed by atoms with Crippen LogP contribution in [0.4, 0.5) is 0 Å². The van der Waals surface area contributed by atoms with Crippen molar-refractivity contribution >= 4 is 15.9 Å². The van der Waals surface area contributed by atoms with Crippen LogP contribution in [0.3, 0.4) is 0 Å². The molecule has 0 saturated carbocycles. The number of hydrogen-bond donors (Lipinski definition) is 0. The number of hydrogen-bond acceptors (Lipinski definition) is 1. The van der Waals surface area contributed by atoms with Crippen molar-refractivity contribution < 1.29 is 4.74 Å². The Bertz CT molecular complexity index is 422. The predicted molar refractivity (Wildman–Crippen MR) is 70.5 cm³/mol. The van der Waals surface area contributed by atoms with E-state index in [-0.39, 0.29) is 0 Å². The Labute approximate surface area is 104 Å². The highest BCUT2D eigenvalue weighted by Crippen LogP contribution is 2.21. The van der Waals surface area contributed by atoms with E-state index in [1.54, 1.807) is 0 Å². The van der Waals surface area contributed by atoms with Gasteiger partial charge in [0.05, 0.1) is 0 Å². The summed E-state index contributed by atoms with van der Waals surface area (Å²) in [5.74, 6) is 1.75. The molecule has 82 valence electrons. The summed E-state index contributed by atoms with van der Waals surface area (Å²) in [7, 11) is 0. The molecule has 0 N–H and O–H groups in total. The highest BCUT2D eigenvalue weighted by molar-refractivity contribution is 9.09. The molecule has 0 aliphatic heterocycles. The number of rotatable bonds is 4. The van der Waals surface area contributed by atoms with Gasteiger partial charge in [0.1, 0.15) is 11.5 Å². The molecule has 2 aromatic carbocycles. The fourth-order valence-corrected chi connectivity index (χ4v) is 1.92. The third kappa shape index (κ3) is 3.11. The van der Waals surface area contributed by atoms with E-state index in [4.69, 9.17) is 4.74 Å². The number of benzene rings is 2. The fourth-order valence-electron chi connectivity index (χ4n) is 1.46. The number of halogens is 1. The Morgan fingerprint density at radius 2 is 1.44 bits per heavy atom. The van der Waals surface area contributed by atoms with E-state index in [2.05, 4.69) is 28.1 Å². The lowest BCUT2D eigenvalue weighted by Gasteiger charge is -2.05. The third-order valence-electron chi connectivity index (χ3n) is 2.29. The molecule has 0 fully saturated rings. The Morgan fingerprint density at radius 3 is 2.06 bits per heavy atom. The van der Waals surface area contributed by atoms with E-state index in [1.807, 2.05) is 42.5 Å². The molecule has 0 aliphatic rings. The zero-order chi connectivity index (χ0) is 11.2. The summed E-state index contributed by atoms with van der Waals surface area (Å²) in [6, 6.07) is 18.0. The van der Waals surface area contributed by atoms with Gasteiger partial charge < -0.3 is 4.74 Å². The first-order valence-corrected chi connectivity index (χ1v) is 6.38. The second-order valence-corrected chi connectivity index (χ2v) is 4.29. The highest BCUT2D eigenvalue weighted by atomic mass is 79.9. The number of alkyl halides is 1. The zero-order valence-corrected chi connectivity index (χ0v) is 10.5. The van der Waals surface area contributed by atoms with Crippen LogP contribution < -0.4 is 4.74 Å². The van der Waals surface area contributed by atoms with E-state index in [0.717, 1.165) is 23.2 Å². The summed E-state index contributed by atoms with van der Waals surface area (Å²) >= 11 is 3.43. The van der Waals surface area contributed by atoms with Crippen LogP contribution >= 0.6 is 15.9 Å². The lowest BCUT2D eigenvalue weighted by molar-refractivity contribution is 0.482. The lowest BCUT2D eigenvalue weighted by Crippen LogP contribution is -1.87. The van der Waals surface area contributed by atoms with Gasteiger partial charge in [0.25, 0.3) is 0 Å². The minimum atomic E-state index is 0.871. The molecular weight excluding hydrogens is 264 g/mol. The van der Waals surface area contributed by atoms with Crippen molar-refractivity contribution in [2.24, 2.45) is 0 Å². The lowest BCUT2D eigenvalue weighted by atomic mass is 10.2. The van der Waals surface area contributed by atoms with Crippen molar-refractivity contribution in [3.63, 3.8) is 0 Å². The quantitative estimate of drug-likeness (QED) is 0.752. The average Bonchev–Trinajstić information content (AvgIpc) is 2.33. The SMILES string of the molecule is BrCCc1ccc(Oc2ccccc2)cc1. The van der Waals surface area contributed by atoms with Gasteiger partial charge in [-0.15, -0.1) is 0 Å². The standard InChI is InChI=1S/C14H13BrO/c15-11-10-12-6-8-14(9-7-12)16-13-4-2-1-3-5-13/h1-9H,10-11H2. The summed E-state index contributed by atoms with van der Waals surface area (Å²) in [4.78, 5) is 0. The van der Waals surface area contributed by atoms with Gasteiger partial charge in [0.2, 0.25) is 0 Å². The molecule has 0 heterocycles. The summed E-state index contributed by atoms with van der Waals surface area (Å²) in [6.45, 7) is 0. The maximum atomic E-state index is 5.70. The molecule has 1 nitrogen and oxygen atoms in total. The Hall–Kier alpha value is -1.28. The molecule has 0 saturated heterocycles. The molecule has 0 radical (unpaired) electrons. The van der Waals surface area contributed by atoms with Crippen LogP contribution in [0.1, 0.15) is 5.56 Å². The van der Waals surface area contributed by atoms with E-state index in [9.17, 15) is 0 Å². The first-order chi connectivity index (χ1) is 7.88. The summed E-state index contributed by atoms with van der Waals surface area (Å²) in [6.07, 6.45) is 1.05. The molecule has 2 rings (SSSR count). The molecule has 0 bridgehead atoms. The zero-order valence-electron chi connectivity index (χ0n) is 8.90. The molecule has 0 unspecified atom stereocenters. The van der Waals surface area contributed by atoms with Crippen LogP contribution in [-0.2, 0) is 6.42 Å². The van der Waals surface area contributed by atoms with Gasteiger partial charge in [0.15, 0.2) is 0 Å². The van der Waals surface area contributed by atoms with Crippen molar-refractivity contribution in [2.45, 2.75) is 6.42 Å². The maximum absolute atomic E-state index is 5.70. The van der Waals surface area contributed by atoms with Crippen molar-refractivity contribution in [2.75, 3.05) is 5.33 Å². The molecule has 2 aromatic rings. The summed E-state index contributed by atoms with van der Waals surface area (Å²) in [5, 5.41) is 0.992. The molecule has 0 aliphatic carbocycles. The van der Waals surface area contributed by atoms with Gasteiger partial charge in [-0.05, 0) is 36.2 Å².